The van der Waals surface area contributed by atoms with Crippen LogP contribution in [0.1, 0.15) is 12.0 Å². The first-order valence-corrected chi connectivity index (χ1v) is 8.81. The van der Waals surface area contributed by atoms with Crippen molar-refractivity contribution in [1.29, 1.82) is 0 Å². The molecule has 6 heteroatoms. The summed E-state index contributed by atoms with van der Waals surface area (Å²) >= 11 is 0. The molecule has 2 aromatic carbocycles. The molecule has 1 amide bonds. The average molecular weight is 355 g/mol. The largest absolute Gasteiger partial charge is 0.486 e. The lowest BCUT2D eigenvalue weighted by Gasteiger charge is -2.26. The molecule has 2 aliphatic heterocycles. The van der Waals surface area contributed by atoms with Crippen molar-refractivity contribution in [2.75, 3.05) is 26.4 Å². The van der Waals surface area contributed by atoms with Crippen molar-refractivity contribution in [2.45, 2.75) is 18.9 Å². The molecule has 0 spiro atoms. The van der Waals surface area contributed by atoms with Crippen LogP contribution in [0.5, 0.6) is 23.0 Å². The van der Waals surface area contributed by atoms with Gasteiger partial charge >= 0.3 is 0 Å². The second-order valence-electron chi connectivity index (χ2n) is 6.28. The molecular weight excluding hydrogens is 334 g/mol. The van der Waals surface area contributed by atoms with E-state index in [1.165, 1.54) is 0 Å². The zero-order valence-corrected chi connectivity index (χ0v) is 14.4. The van der Waals surface area contributed by atoms with E-state index in [0.29, 0.717) is 45.0 Å². The molecule has 1 unspecified atom stereocenters. The number of amides is 1. The van der Waals surface area contributed by atoms with Gasteiger partial charge in [-0.15, -0.1) is 0 Å². The molecule has 1 N–H and O–H groups in total. The number of hydrogen-bond donors (Lipinski definition) is 1. The van der Waals surface area contributed by atoms with Gasteiger partial charge in [0.05, 0.1) is 6.54 Å². The van der Waals surface area contributed by atoms with Gasteiger partial charge in [-0.1, -0.05) is 18.2 Å². The normalized spacial score (nSPS) is 17.5. The number of carbonyl (C=O) groups excluding carboxylic acids is 1. The first-order chi connectivity index (χ1) is 12.8. The van der Waals surface area contributed by atoms with Crippen LogP contribution in [0.15, 0.2) is 42.5 Å². The van der Waals surface area contributed by atoms with Crippen molar-refractivity contribution in [1.82, 2.24) is 5.32 Å². The Balaban J connectivity index is 1.24. The fourth-order valence-electron chi connectivity index (χ4n) is 2.98. The van der Waals surface area contributed by atoms with Crippen molar-refractivity contribution in [3.8, 4) is 23.0 Å². The van der Waals surface area contributed by atoms with E-state index in [-0.39, 0.29) is 12.0 Å². The Labute approximate surface area is 152 Å². The van der Waals surface area contributed by atoms with E-state index in [1.54, 1.807) is 0 Å². The van der Waals surface area contributed by atoms with Crippen LogP contribution in [-0.2, 0) is 11.2 Å². The molecule has 0 aromatic heterocycles. The predicted octanol–water partition coefficient (Wildman–Crippen LogP) is 2.35. The number of aryl methyl sites for hydroxylation is 1. The molecule has 2 aromatic rings. The highest BCUT2D eigenvalue weighted by molar-refractivity contribution is 5.76. The van der Waals surface area contributed by atoms with Gasteiger partial charge < -0.3 is 24.3 Å². The van der Waals surface area contributed by atoms with Crippen LogP contribution < -0.4 is 24.3 Å². The van der Waals surface area contributed by atoms with Crippen LogP contribution in [-0.4, -0.2) is 38.4 Å². The Bertz CT molecular complexity index is 792. The molecule has 1 atom stereocenters. The molecule has 0 aliphatic carbocycles. The number of para-hydroxylation sites is 2. The molecule has 136 valence electrons. The molecule has 4 rings (SSSR count). The fourth-order valence-corrected chi connectivity index (χ4v) is 2.98. The van der Waals surface area contributed by atoms with E-state index in [9.17, 15) is 4.79 Å². The van der Waals surface area contributed by atoms with Crippen LogP contribution in [0, 0.1) is 0 Å². The number of rotatable bonds is 5. The number of carbonyl (C=O) groups is 1. The van der Waals surface area contributed by atoms with Crippen LogP contribution in [0.3, 0.4) is 0 Å². The highest BCUT2D eigenvalue weighted by atomic mass is 16.6. The molecule has 0 saturated carbocycles. The lowest BCUT2D eigenvalue weighted by Crippen LogP contribution is -2.40. The smallest absolute Gasteiger partial charge is 0.220 e. The van der Waals surface area contributed by atoms with E-state index in [1.807, 2.05) is 42.5 Å². The minimum Gasteiger partial charge on any atom is -0.486 e. The molecule has 2 heterocycles. The molecule has 0 bridgehead atoms. The van der Waals surface area contributed by atoms with Crippen molar-refractivity contribution in [3.63, 3.8) is 0 Å². The second kappa shape index (κ2) is 7.56. The maximum atomic E-state index is 12.1. The Morgan fingerprint density at radius 3 is 2.62 bits per heavy atom. The molecule has 0 radical (unpaired) electrons. The number of nitrogens with one attached hydrogen (secondary N) is 1. The van der Waals surface area contributed by atoms with Gasteiger partial charge in [-0.25, -0.2) is 0 Å². The van der Waals surface area contributed by atoms with Gasteiger partial charge in [0.25, 0.3) is 0 Å². The third-order valence-electron chi connectivity index (χ3n) is 4.34. The van der Waals surface area contributed by atoms with Crippen LogP contribution in [0.25, 0.3) is 0 Å². The molecule has 6 nitrogen and oxygen atoms in total. The fraction of sp³-hybridized carbons (Fsp3) is 0.350. The minimum atomic E-state index is -0.178. The van der Waals surface area contributed by atoms with Crippen molar-refractivity contribution < 1.29 is 23.7 Å². The number of benzene rings is 2. The highest BCUT2D eigenvalue weighted by Gasteiger charge is 2.21. The zero-order chi connectivity index (χ0) is 17.8. The number of ether oxygens (including phenoxy) is 4. The van der Waals surface area contributed by atoms with Gasteiger partial charge in [-0.2, -0.15) is 0 Å². The van der Waals surface area contributed by atoms with Gasteiger partial charge in [-0.05, 0) is 36.2 Å². The van der Waals surface area contributed by atoms with E-state index in [2.05, 4.69) is 5.32 Å². The lowest BCUT2D eigenvalue weighted by atomic mass is 10.1. The second-order valence-corrected chi connectivity index (χ2v) is 6.28. The third-order valence-corrected chi connectivity index (χ3v) is 4.34. The maximum absolute atomic E-state index is 12.1. The van der Waals surface area contributed by atoms with Gasteiger partial charge in [0.1, 0.15) is 25.9 Å². The first kappa shape index (κ1) is 16.6. The Kier molecular flexibility index (Phi) is 4.82. The van der Waals surface area contributed by atoms with E-state index in [0.717, 1.165) is 22.8 Å². The summed E-state index contributed by atoms with van der Waals surface area (Å²) in [7, 11) is 0. The summed E-state index contributed by atoms with van der Waals surface area (Å²) in [6.07, 6.45) is 0.875. The van der Waals surface area contributed by atoms with E-state index < -0.39 is 0 Å². The summed E-state index contributed by atoms with van der Waals surface area (Å²) in [6.45, 7) is 1.99. The van der Waals surface area contributed by atoms with Gasteiger partial charge in [0, 0.05) is 6.42 Å². The summed E-state index contributed by atoms with van der Waals surface area (Å²) < 4.78 is 22.6. The lowest BCUT2D eigenvalue weighted by molar-refractivity contribution is -0.121. The summed E-state index contributed by atoms with van der Waals surface area (Å²) in [5.41, 5.74) is 1.05. The Morgan fingerprint density at radius 2 is 1.73 bits per heavy atom. The van der Waals surface area contributed by atoms with Gasteiger partial charge in [0.15, 0.2) is 23.0 Å². The van der Waals surface area contributed by atoms with Crippen molar-refractivity contribution >= 4 is 5.91 Å². The summed E-state index contributed by atoms with van der Waals surface area (Å²) in [5, 5.41) is 2.92. The minimum absolute atomic E-state index is 0.0117. The summed E-state index contributed by atoms with van der Waals surface area (Å²) in [6, 6.07) is 13.3. The topological polar surface area (TPSA) is 66.0 Å². The van der Waals surface area contributed by atoms with Gasteiger partial charge in [-0.3, -0.25) is 4.79 Å². The molecule has 0 fully saturated rings. The predicted molar refractivity (Wildman–Crippen MR) is 95.1 cm³/mol. The van der Waals surface area contributed by atoms with Crippen LogP contribution in [0.2, 0.25) is 0 Å². The highest BCUT2D eigenvalue weighted by Crippen LogP contribution is 2.31. The Morgan fingerprint density at radius 1 is 0.962 bits per heavy atom. The Hall–Kier alpha value is -2.89. The monoisotopic (exact) mass is 355 g/mol. The van der Waals surface area contributed by atoms with E-state index in [4.69, 9.17) is 18.9 Å². The van der Waals surface area contributed by atoms with Crippen molar-refractivity contribution in [3.05, 3.63) is 48.0 Å². The average Bonchev–Trinajstić information content (AvgIpc) is 2.70. The molecule has 26 heavy (non-hydrogen) atoms. The van der Waals surface area contributed by atoms with Crippen molar-refractivity contribution in [2.24, 2.45) is 0 Å². The van der Waals surface area contributed by atoms with E-state index >= 15 is 0 Å². The standard InChI is InChI=1S/C20H21NO5/c22-20(8-6-14-5-7-17-19(11-14)24-10-9-23-17)21-12-15-13-25-16-3-1-2-4-18(16)26-15/h1-5,7,11,15H,6,8-10,12-13H2,(H,21,22). The van der Waals surface area contributed by atoms with Gasteiger partial charge in [0.2, 0.25) is 5.91 Å². The van der Waals surface area contributed by atoms with Crippen LogP contribution in [0.4, 0.5) is 0 Å². The SMILES string of the molecule is O=C(CCc1ccc2c(c1)OCCO2)NCC1COc2ccccc2O1. The molecule has 2 aliphatic rings. The molecular formula is C20H21NO5. The first-order valence-electron chi connectivity index (χ1n) is 8.81. The molecule has 0 saturated heterocycles. The zero-order valence-electron chi connectivity index (χ0n) is 14.4. The number of hydrogen-bond acceptors (Lipinski definition) is 5. The number of fused-ring (bicyclic) bond motifs is 2. The van der Waals surface area contributed by atoms with Crippen LogP contribution >= 0.6 is 0 Å². The quantitative estimate of drug-likeness (QED) is 0.892. The maximum Gasteiger partial charge on any atom is 0.220 e. The summed E-state index contributed by atoms with van der Waals surface area (Å²) in [4.78, 5) is 12.1. The third kappa shape index (κ3) is 3.85. The summed E-state index contributed by atoms with van der Waals surface area (Å²) in [5.74, 6) is 2.96.